The van der Waals surface area contributed by atoms with E-state index >= 15 is 0 Å². The van der Waals surface area contributed by atoms with Gasteiger partial charge in [0.15, 0.2) is 11.5 Å². The van der Waals surface area contributed by atoms with Crippen LogP contribution in [-0.2, 0) is 16.0 Å². The third kappa shape index (κ3) is 3.10. The lowest BCUT2D eigenvalue weighted by Crippen LogP contribution is -2.39. The molecule has 0 spiro atoms. The molecule has 1 N–H and O–H groups in total. The first-order valence-corrected chi connectivity index (χ1v) is 8.77. The van der Waals surface area contributed by atoms with Crippen molar-refractivity contribution in [3.63, 3.8) is 0 Å². The van der Waals surface area contributed by atoms with E-state index < -0.39 is 12.1 Å². The zero-order valence-corrected chi connectivity index (χ0v) is 14.8. The van der Waals surface area contributed by atoms with Crippen LogP contribution in [0.2, 0.25) is 0 Å². The zero-order chi connectivity index (χ0) is 19.0. The number of fused-ring (bicyclic) bond motifs is 2. The first kappa shape index (κ1) is 17.0. The Kier molecular flexibility index (Phi) is 4.24. The van der Waals surface area contributed by atoms with Crippen molar-refractivity contribution in [2.75, 3.05) is 11.4 Å². The summed E-state index contributed by atoms with van der Waals surface area (Å²) in [4.78, 5) is 41.9. The molecule has 6 heteroatoms. The minimum Gasteiger partial charge on any atom is -0.448 e. The maximum absolute atomic E-state index is 12.7. The van der Waals surface area contributed by atoms with E-state index in [1.165, 1.54) is 6.07 Å². The number of rotatable bonds is 3. The molecule has 6 nitrogen and oxygen atoms in total. The highest BCUT2D eigenvalue weighted by Gasteiger charge is 2.30. The number of anilines is 1. The van der Waals surface area contributed by atoms with Crippen LogP contribution < -0.4 is 10.3 Å². The summed E-state index contributed by atoms with van der Waals surface area (Å²) in [5.74, 6) is -1.01. The number of ether oxygens (including phenoxy) is 1. The van der Waals surface area contributed by atoms with E-state index in [9.17, 15) is 14.4 Å². The number of nitrogens with zero attached hydrogens (tertiary/aromatic N) is 1. The number of aromatic amines is 1. The molecule has 0 aliphatic carbocycles. The first-order valence-electron chi connectivity index (χ1n) is 8.77. The second kappa shape index (κ2) is 6.72. The smallest absolute Gasteiger partial charge is 0.355 e. The molecule has 27 heavy (non-hydrogen) atoms. The molecule has 0 fully saturated rings. The summed E-state index contributed by atoms with van der Waals surface area (Å²) in [6.45, 7) is 2.10. The number of aromatic nitrogens is 1. The average Bonchev–Trinajstić information content (AvgIpc) is 3.11. The standard InChI is InChI=1S/C21H18N2O4/c1-13(20(25)23-11-10-14-6-2-5-9-18(14)23)27-21(26)17-12-19(24)15-7-3-4-8-16(15)22-17/h2-9,12-13H,10-11H2,1H3,(H,22,24)/t13-/m1/s1. The van der Waals surface area contributed by atoms with Gasteiger partial charge in [-0.15, -0.1) is 0 Å². The van der Waals surface area contributed by atoms with Crippen LogP contribution in [0.4, 0.5) is 5.69 Å². The monoisotopic (exact) mass is 362 g/mol. The third-order valence-electron chi connectivity index (χ3n) is 4.74. The van der Waals surface area contributed by atoms with E-state index in [4.69, 9.17) is 4.74 Å². The topological polar surface area (TPSA) is 79.5 Å². The maximum atomic E-state index is 12.7. The minimum atomic E-state index is -0.960. The largest absolute Gasteiger partial charge is 0.448 e. The van der Waals surface area contributed by atoms with E-state index in [2.05, 4.69) is 4.98 Å². The Bertz CT molecular complexity index is 1100. The molecule has 1 aliphatic heterocycles. The number of hydrogen-bond acceptors (Lipinski definition) is 4. The van der Waals surface area contributed by atoms with Crippen molar-refractivity contribution in [1.82, 2.24) is 4.98 Å². The van der Waals surface area contributed by atoms with E-state index in [-0.39, 0.29) is 17.0 Å². The number of carbonyl (C=O) groups is 2. The Hall–Kier alpha value is -3.41. The number of nitrogens with one attached hydrogen (secondary N) is 1. The number of amides is 1. The van der Waals surface area contributed by atoms with Crippen LogP contribution in [0.25, 0.3) is 10.9 Å². The maximum Gasteiger partial charge on any atom is 0.355 e. The summed E-state index contributed by atoms with van der Waals surface area (Å²) in [5, 5.41) is 0.492. The minimum absolute atomic E-state index is 0.0279. The normalized spacial score (nSPS) is 14.0. The molecule has 4 rings (SSSR count). The van der Waals surface area contributed by atoms with Gasteiger partial charge in [-0.3, -0.25) is 9.59 Å². The Labute approximate surface area is 155 Å². The number of pyridine rings is 1. The van der Waals surface area contributed by atoms with Crippen molar-refractivity contribution in [2.24, 2.45) is 0 Å². The predicted molar refractivity (Wildman–Crippen MR) is 102 cm³/mol. The SMILES string of the molecule is C[C@@H](OC(=O)c1cc(=O)c2ccccc2[nH]1)C(=O)N1CCc2ccccc21. The summed E-state index contributed by atoms with van der Waals surface area (Å²) in [5.41, 5.74) is 2.25. The molecular weight excluding hydrogens is 344 g/mol. The molecule has 1 amide bonds. The molecule has 0 saturated carbocycles. The molecule has 2 heterocycles. The summed E-state index contributed by atoms with van der Waals surface area (Å²) in [7, 11) is 0. The van der Waals surface area contributed by atoms with Crippen LogP contribution in [0.15, 0.2) is 59.4 Å². The Morgan fingerprint density at radius 3 is 2.70 bits per heavy atom. The lowest BCUT2D eigenvalue weighted by atomic mass is 10.2. The molecule has 3 aromatic rings. The molecule has 1 aliphatic rings. The lowest BCUT2D eigenvalue weighted by Gasteiger charge is -2.21. The highest BCUT2D eigenvalue weighted by molar-refractivity contribution is 6.00. The van der Waals surface area contributed by atoms with Gasteiger partial charge in [-0.25, -0.2) is 4.79 Å². The Morgan fingerprint density at radius 2 is 1.85 bits per heavy atom. The number of benzene rings is 2. The first-order chi connectivity index (χ1) is 13.0. The molecule has 0 unspecified atom stereocenters. The fourth-order valence-corrected chi connectivity index (χ4v) is 3.37. The van der Waals surface area contributed by atoms with Crippen molar-refractivity contribution in [3.05, 3.63) is 76.1 Å². The van der Waals surface area contributed by atoms with Gasteiger partial charge in [0.2, 0.25) is 0 Å². The fraction of sp³-hybridized carbons (Fsp3) is 0.190. The van der Waals surface area contributed by atoms with Crippen LogP contribution in [0.1, 0.15) is 23.0 Å². The molecule has 0 radical (unpaired) electrons. The zero-order valence-electron chi connectivity index (χ0n) is 14.8. The van der Waals surface area contributed by atoms with Crippen LogP contribution in [0, 0.1) is 0 Å². The fourth-order valence-electron chi connectivity index (χ4n) is 3.37. The summed E-state index contributed by atoms with van der Waals surface area (Å²) >= 11 is 0. The second-order valence-corrected chi connectivity index (χ2v) is 6.51. The predicted octanol–water partition coefficient (Wildman–Crippen LogP) is 2.66. The quantitative estimate of drug-likeness (QED) is 0.727. The molecular formula is C21H18N2O4. The van der Waals surface area contributed by atoms with E-state index in [0.29, 0.717) is 17.4 Å². The molecule has 136 valence electrons. The van der Waals surface area contributed by atoms with Gasteiger partial charge >= 0.3 is 5.97 Å². The number of esters is 1. The van der Waals surface area contributed by atoms with Crippen LogP contribution in [0.3, 0.4) is 0 Å². The molecule has 2 aromatic carbocycles. The molecule has 1 atom stereocenters. The Morgan fingerprint density at radius 1 is 1.11 bits per heavy atom. The molecule has 0 saturated heterocycles. The molecule has 0 bridgehead atoms. The van der Waals surface area contributed by atoms with Gasteiger partial charge in [0.25, 0.3) is 5.91 Å². The van der Waals surface area contributed by atoms with E-state index in [1.807, 2.05) is 24.3 Å². The summed E-state index contributed by atoms with van der Waals surface area (Å²) in [6, 6.07) is 15.8. The average molecular weight is 362 g/mol. The van der Waals surface area contributed by atoms with E-state index in [1.54, 1.807) is 36.1 Å². The number of H-pyrrole nitrogens is 1. The van der Waals surface area contributed by atoms with Gasteiger partial charge in [-0.1, -0.05) is 30.3 Å². The van der Waals surface area contributed by atoms with Gasteiger partial charge in [-0.2, -0.15) is 0 Å². The van der Waals surface area contributed by atoms with Crippen molar-refractivity contribution >= 4 is 28.5 Å². The van der Waals surface area contributed by atoms with Gasteiger partial charge in [-0.05, 0) is 37.1 Å². The van der Waals surface area contributed by atoms with Crippen LogP contribution in [-0.4, -0.2) is 29.5 Å². The number of carbonyl (C=O) groups excluding carboxylic acids is 2. The van der Waals surface area contributed by atoms with Gasteiger partial charge < -0.3 is 14.6 Å². The van der Waals surface area contributed by atoms with Crippen LogP contribution in [0.5, 0.6) is 0 Å². The van der Waals surface area contributed by atoms with Crippen LogP contribution >= 0.6 is 0 Å². The lowest BCUT2D eigenvalue weighted by molar-refractivity contribution is -0.126. The Balaban J connectivity index is 1.53. The van der Waals surface area contributed by atoms with Gasteiger partial charge in [0.1, 0.15) is 5.69 Å². The molecule has 1 aromatic heterocycles. The highest BCUT2D eigenvalue weighted by Crippen LogP contribution is 2.28. The number of para-hydroxylation sites is 2. The van der Waals surface area contributed by atoms with E-state index in [0.717, 1.165) is 17.7 Å². The van der Waals surface area contributed by atoms with Gasteiger partial charge in [0, 0.05) is 29.2 Å². The summed E-state index contributed by atoms with van der Waals surface area (Å²) < 4.78 is 5.33. The van der Waals surface area contributed by atoms with Crippen molar-refractivity contribution < 1.29 is 14.3 Å². The third-order valence-corrected chi connectivity index (χ3v) is 4.74. The highest BCUT2D eigenvalue weighted by atomic mass is 16.5. The number of hydrogen-bond donors (Lipinski definition) is 1. The second-order valence-electron chi connectivity index (χ2n) is 6.51. The van der Waals surface area contributed by atoms with Crippen molar-refractivity contribution in [2.45, 2.75) is 19.4 Å². The van der Waals surface area contributed by atoms with Gasteiger partial charge in [0.05, 0.1) is 0 Å². The van der Waals surface area contributed by atoms with Crippen molar-refractivity contribution in [3.8, 4) is 0 Å². The van der Waals surface area contributed by atoms with Crippen molar-refractivity contribution in [1.29, 1.82) is 0 Å². The summed E-state index contributed by atoms with van der Waals surface area (Å²) in [6.07, 6.45) is -0.181.